The van der Waals surface area contributed by atoms with Crippen LogP contribution in [0.2, 0.25) is 0 Å². The minimum absolute atomic E-state index is 0. The average molecular weight is 261 g/mol. The molecule has 1 heterocycles. The third-order valence-electron chi connectivity index (χ3n) is 2.26. The number of amides is 1. The van der Waals surface area contributed by atoms with E-state index in [1.54, 1.807) is 6.20 Å². The molecule has 0 aliphatic rings. The number of aryl methyl sites for hydroxylation is 1. The van der Waals surface area contributed by atoms with Gasteiger partial charge in [-0.1, -0.05) is 29.8 Å². The van der Waals surface area contributed by atoms with Crippen molar-refractivity contribution in [1.29, 1.82) is 0 Å². The maximum atomic E-state index is 10.8. The molecule has 7 nitrogen and oxygen atoms in total. The van der Waals surface area contributed by atoms with Crippen molar-refractivity contribution in [2.75, 3.05) is 5.43 Å². The van der Waals surface area contributed by atoms with Gasteiger partial charge in [-0.2, -0.15) is 5.10 Å². The number of rotatable bonds is 3. The fourth-order valence-electron chi connectivity index (χ4n) is 1.36. The minimum Gasteiger partial charge on any atom is -0.412 e. The second-order valence-electron chi connectivity index (χ2n) is 3.84. The molecule has 1 amide bonds. The lowest BCUT2D eigenvalue weighted by Crippen LogP contribution is -2.27. The smallest absolute Gasteiger partial charge is 0.262 e. The fourth-order valence-corrected chi connectivity index (χ4v) is 1.36. The van der Waals surface area contributed by atoms with Gasteiger partial charge in [-0.3, -0.25) is 15.6 Å². The van der Waals surface area contributed by atoms with Crippen LogP contribution in [0.4, 0.5) is 5.95 Å². The SMILES string of the molecule is CC(=O)NNc1nncc(-c2ccc(C)cc2)n1.O. The largest absolute Gasteiger partial charge is 0.412 e. The minimum atomic E-state index is -0.223. The van der Waals surface area contributed by atoms with Gasteiger partial charge >= 0.3 is 0 Å². The summed E-state index contributed by atoms with van der Waals surface area (Å²) in [6, 6.07) is 7.92. The summed E-state index contributed by atoms with van der Waals surface area (Å²) in [6.07, 6.45) is 1.57. The molecule has 7 heteroatoms. The van der Waals surface area contributed by atoms with Crippen molar-refractivity contribution in [3.8, 4) is 11.3 Å². The fraction of sp³-hybridized carbons (Fsp3) is 0.167. The summed E-state index contributed by atoms with van der Waals surface area (Å²) in [5, 5.41) is 7.60. The van der Waals surface area contributed by atoms with E-state index in [2.05, 4.69) is 26.0 Å². The summed E-state index contributed by atoms with van der Waals surface area (Å²) >= 11 is 0. The van der Waals surface area contributed by atoms with Crippen LogP contribution < -0.4 is 10.9 Å². The highest BCUT2D eigenvalue weighted by Crippen LogP contribution is 2.16. The van der Waals surface area contributed by atoms with E-state index < -0.39 is 0 Å². The summed E-state index contributed by atoms with van der Waals surface area (Å²) in [6.45, 7) is 3.41. The van der Waals surface area contributed by atoms with E-state index in [9.17, 15) is 4.79 Å². The van der Waals surface area contributed by atoms with E-state index in [1.165, 1.54) is 12.5 Å². The van der Waals surface area contributed by atoms with Gasteiger partial charge in [0.05, 0.1) is 11.9 Å². The van der Waals surface area contributed by atoms with Crippen LogP contribution in [0.1, 0.15) is 12.5 Å². The number of carbonyl (C=O) groups is 1. The number of carbonyl (C=O) groups excluding carboxylic acids is 1. The molecule has 0 radical (unpaired) electrons. The Morgan fingerprint density at radius 3 is 2.53 bits per heavy atom. The normalized spacial score (nSPS) is 9.37. The maximum absolute atomic E-state index is 10.8. The molecule has 0 atom stereocenters. The van der Waals surface area contributed by atoms with Crippen molar-refractivity contribution in [3.05, 3.63) is 36.0 Å². The van der Waals surface area contributed by atoms with Gasteiger partial charge in [-0.05, 0) is 6.92 Å². The number of nitrogens with one attached hydrogen (secondary N) is 2. The van der Waals surface area contributed by atoms with Crippen LogP contribution in [0, 0.1) is 6.92 Å². The Morgan fingerprint density at radius 2 is 1.89 bits per heavy atom. The molecular weight excluding hydrogens is 246 g/mol. The van der Waals surface area contributed by atoms with Gasteiger partial charge < -0.3 is 5.48 Å². The summed E-state index contributed by atoms with van der Waals surface area (Å²) in [5.74, 6) is 0.0302. The molecule has 0 aliphatic carbocycles. The second-order valence-corrected chi connectivity index (χ2v) is 3.84. The zero-order valence-electron chi connectivity index (χ0n) is 10.6. The quantitative estimate of drug-likeness (QED) is 0.781. The molecule has 19 heavy (non-hydrogen) atoms. The highest BCUT2D eigenvalue weighted by atomic mass is 16.2. The molecule has 0 saturated carbocycles. The van der Waals surface area contributed by atoms with Crippen LogP contribution >= 0.6 is 0 Å². The lowest BCUT2D eigenvalue weighted by Gasteiger charge is -2.05. The molecule has 2 aromatic rings. The summed E-state index contributed by atoms with van der Waals surface area (Å²) in [5.41, 5.74) is 7.79. The van der Waals surface area contributed by atoms with E-state index in [0.29, 0.717) is 5.69 Å². The van der Waals surface area contributed by atoms with E-state index in [4.69, 9.17) is 0 Å². The monoisotopic (exact) mass is 261 g/mol. The van der Waals surface area contributed by atoms with Gasteiger partial charge in [0.2, 0.25) is 5.91 Å². The first kappa shape index (κ1) is 14.5. The number of hydrogen-bond donors (Lipinski definition) is 2. The number of aromatic nitrogens is 3. The number of hydrogen-bond acceptors (Lipinski definition) is 5. The number of nitrogens with zero attached hydrogens (tertiary/aromatic N) is 3. The van der Waals surface area contributed by atoms with Crippen molar-refractivity contribution in [2.24, 2.45) is 0 Å². The van der Waals surface area contributed by atoms with Crippen molar-refractivity contribution in [1.82, 2.24) is 20.6 Å². The van der Waals surface area contributed by atoms with Crippen LogP contribution in [0.5, 0.6) is 0 Å². The highest BCUT2D eigenvalue weighted by Gasteiger charge is 2.03. The van der Waals surface area contributed by atoms with Crippen molar-refractivity contribution < 1.29 is 10.3 Å². The van der Waals surface area contributed by atoms with Crippen molar-refractivity contribution in [2.45, 2.75) is 13.8 Å². The van der Waals surface area contributed by atoms with Gasteiger partial charge in [-0.25, -0.2) is 4.98 Å². The molecular formula is C12H15N5O2. The lowest BCUT2D eigenvalue weighted by molar-refractivity contribution is -0.118. The summed E-state index contributed by atoms with van der Waals surface area (Å²) in [7, 11) is 0. The molecule has 100 valence electrons. The van der Waals surface area contributed by atoms with E-state index in [0.717, 1.165) is 5.56 Å². The molecule has 1 aromatic carbocycles. The summed E-state index contributed by atoms with van der Waals surface area (Å²) < 4.78 is 0. The predicted molar refractivity (Wildman–Crippen MR) is 71.1 cm³/mol. The van der Waals surface area contributed by atoms with Gasteiger partial charge in [0, 0.05) is 12.5 Å². The second kappa shape index (κ2) is 6.41. The molecule has 0 aliphatic heterocycles. The zero-order chi connectivity index (χ0) is 13.0. The molecule has 0 bridgehead atoms. The zero-order valence-corrected chi connectivity index (χ0v) is 10.6. The molecule has 0 unspecified atom stereocenters. The Labute approximate surface area is 110 Å². The van der Waals surface area contributed by atoms with Crippen molar-refractivity contribution >= 4 is 11.9 Å². The van der Waals surface area contributed by atoms with Crippen molar-refractivity contribution in [3.63, 3.8) is 0 Å². The lowest BCUT2D eigenvalue weighted by atomic mass is 10.1. The van der Waals surface area contributed by atoms with E-state index >= 15 is 0 Å². The van der Waals surface area contributed by atoms with Gasteiger partial charge in [0.25, 0.3) is 5.95 Å². The Kier molecular flexibility index (Phi) is 4.90. The third kappa shape index (κ3) is 4.00. The van der Waals surface area contributed by atoms with Crippen LogP contribution in [0.15, 0.2) is 30.5 Å². The molecule has 2 rings (SSSR count). The van der Waals surface area contributed by atoms with E-state index in [1.807, 2.05) is 31.2 Å². The molecule has 0 fully saturated rings. The van der Waals surface area contributed by atoms with E-state index in [-0.39, 0.29) is 17.3 Å². The molecule has 1 aromatic heterocycles. The van der Waals surface area contributed by atoms with Gasteiger partial charge in [0.1, 0.15) is 0 Å². The number of anilines is 1. The number of hydrazine groups is 1. The first-order chi connectivity index (χ1) is 8.65. The van der Waals surface area contributed by atoms with Crippen LogP contribution in [0.25, 0.3) is 11.3 Å². The topological polar surface area (TPSA) is 111 Å². The maximum Gasteiger partial charge on any atom is 0.262 e. The Hall–Kier alpha value is -2.54. The van der Waals surface area contributed by atoms with Gasteiger partial charge in [-0.15, -0.1) is 5.10 Å². The summed E-state index contributed by atoms with van der Waals surface area (Å²) in [4.78, 5) is 15.0. The number of benzene rings is 1. The molecule has 4 N–H and O–H groups in total. The molecule has 0 saturated heterocycles. The first-order valence-electron chi connectivity index (χ1n) is 5.44. The standard InChI is InChI=1S/C12H13N5O.H2O/c1-8-3-5-10(6-4-8)11-7-13-16-12(14-11)17-15-9(2)18;/h3-7H,1-2H3,(H,15,18)(H,14,16,17);1H2. The molecule has 0 spiro atoms. The average Bonchev–Trinajstić information content (AvgIpc) is 2.37. The van der Waals surface area contributed by atoms with Gasteiger partial charge in [0.15, 0.2) is 0 Å². The highest BCUT2D eigenvalue weighted by molar-refractivity contribution is 5.74. The first-order valence-corrected chi connectivity index (χ1v) is 5.44. The van der Waals surface area contributed by atoms with Crippen LogP contribution in [-0.4, -0.2) is 26.6 Å². The predicted octanol–water partition coefficient (Wildman–Crippen LogP) is 0.485. The van der Waals surface area contributed by atoms with Crippen LogP contribution in [0.3, 0.4) is 0 Å². The van der Waals surface area contributed by atoms with Crippen LogP contribution in [-0.2, 0) is 4.79 Å². The Bertz CT molecular complexity index is 556. The Balaban J connectivity index is 0.00000180. The Morgan fingerprint density at radius 1 is 1.21 bits per heavy atom. The third-order valence-corrected chi connectivity index (χ3v) is 2.26.